The van der Waals surface area contributed by atoms with E-state index in [2.05, 4.69) is 11.8 Å². The molecule has 1 saturated heterocycles. The van der Waals surface area contributed by atoms with Gasteiger partial charge in [-0.05, 0) is 31.8 Å². The first-order chi connectivity index (χ1) is 6.22. The van der Waals surface area contributed by atoms with Crippen molar-refractivity contribution in [2.45, 2.75) is 26.2 Å². The van der Waals surface area contributed by atoms with E-state index in [4.69, 9.17) is 4.55 Å². The summed E-state index contributed by atoms with van der Waals surface area (Å²) in [6.45, 7) is 5.23. The van der Waals surface area contributed by atoms with Crippen molar-refractivity contribution < 1.29 is 8.76 Å². The van der Waals surface area contributed by atoms with Crippen LogP contribution in [0.4, 0.5) is 0 Å². The van der Waals surface area contributed by atoms with Crippen LogP contribution in [0.3, 0.4) is 0 Å². The predicted octanol–water partition coefficient (Wildman–Crippen LogP) is 1.33. The molecule has 0 amide bonds. The molecule has 0 aromatic rings. The van der Waals surface area contributed by atoms with Crippen LogP contribution in [0.5, 0.6) is 0 Å². The van der Waals surface area contributed by atoms with Crippen LogP contribution in [0.1, 0.15) is 26.2 Å². The van der Waals surface area contributed by atoms with E-state index in [0.29, 0.717) is 5.75 Å². The zero-order valence-corrected chi connectivity index (χ0v) is 9.05. The number of hydrogen-bond acceptors (Lipinski definition) is 2. The molecule has 3 nitrogen and oxygen atoms in total. The molecule has 1 atom stereocenters. The Hall–Kier alpha value is 0.0700. The lowest BCUT2D eigenvalue weighted by atomic mass is 9.94. The Morgan fingerprint density at radius 1 is 1.46 bits per heavy atom. The molecule has 1 aliphatic rings. The number of rotatable bonds is 4. The maximum absolute atomic E-state index is 10.4. The second kappa shape index (κ2) is 5.73. The summed E-state index contributed by atoms with van der Waals surface area (Å²) in [6.07, 6.45) is 3.79. The SMILES string of the molecule is CCC1CCN(CCS(=O)O)CC1. The summed E-state index contributed by atoms with van der Waals surface area (Å²) in [6, 6.07) is 0. The third kappa shape index (κ3) is 4.20. The molecule has 0 aromatic heterocycles. The Bertz CT molecular complexity index is 167. The zero-order valence-electron chi connectivity index (χ0n) is 8.24. The van der Waals surface area contributed by atoms with Gasteiger partial charge in [-0.2, -0.15) is 0 Å². The third-order valence-electron chi connectivity index (χ3n) is 2.87. The topological polar surface area (TPSA) is 40.5 Å². The van der Waals surface area contributed by atoms with Crippen LogP contribution in [0.25, 0.3) is 0 Å². The van der Waals surface area contributed by atoms with Crippen LogP contribution in [0.2, 0.25) is 0 Å². The molecule has 1 unspecified atom stereocenters. The molecule has 4 heteroatoms. The number of hydrogen-bond donors (Lipinski definition) is 1. The van der Waals surface area contributed by atoms with Crippen molar-refractivity contribution >= 4 is 11.1 Å². The number of likely N-dealkylation sites (tertiary alicyclic amines) is 1. The highest BCUT2D eigenvalue weighted by Gasteiger charge is 2.17. The number of piperidine rings is 1. The molecule has 1 N–H and O–H groups in total. The fourth-order valence-corrected chi connectivity index (χ4v) is 2.24. The van der Waals surface area contributed by atoms with Gasteiger partial charge in [0, 0.05) is 6.54 Å². The van der Waals surface area contributed by atoms with Crippen molar-refractivity contribution in [3.8, 4) is 0 Å². The van der Waals surface area contributed by atoms with E-state index >= 15 is 0 Å². The molecule has 13 heavy (non-hydrogen) atoms. The summed E-state index contributed by atoms with van der Waals surface area (Å²) in [4.78, 5) is 2.29. The van der Waals surface area contributed by atoms with E-state index < -0.39 is 11.1 Å². The smallest absolute Gasteiger partial charge is 0.154 e. The summed E-state index contributed by atoms with van der Waals surface area (Å²) in [5, 5.41) is 0. The second-order valence-electron chi connectivity index (χ2n) is 3.72. The molecule has 1 fully saturated rings. The minimum Gasteiger partial charge on any atom is -0.306 e. The lowest BCUT2D eigenvalue weighted by Gasteiger charge is -2.30. The molecule has 0 saturated carbocycles. The van der Waals surface area contributed by atoms with Crippen molar-refractivity contribution in [1.82, 2.24) is 4.90 Å². The van der Waals surface area contributed by atoms with Gasteiger partial charge in [-0.25, -0.2) is 4.21 Å². The predicted molar refractivity (Wildman–Crippen MR) is 55.1 cm³/mol. The maximum Gasteiger partial charge on any atom is 0.154 e. The van der Waals surface area contributed by atoms with E-state index in [0.717, 1.165) is 25.6 Å². The van der Waals surface area contributed by atoms with Crippen LogP contribution >= 0.6 is 0 Å². The molecule has 0 bridgehead atoms. The standard InChI is InChI=1S/C9H19NO2S/c1-2-9-3-5-10(6-4-9)7-8-13(11)12/h9H,2-8H2,1H3,(H,11,12). The summed E-state index contributed by atoms with van der Waals surface area (Å²) >= 11 is -1.62. The van der Waals surface area contributed by atoms with E-state index in [1.807, 2.05) is 0 Å². The summed E-state index contributed by atoms with van der Waals surface area (Å²) in [5.41, 5.74) is 0. The zero-order chi connectivity index (χ0) is 9.68. The van der Waals surface area contributed by atoms with E-state index in [9.17, 15) is 4.21 Å². The fourth-order valence-electron chi connectivity index (χ4n) is 1.83. The minimum atomic E-state index is -1.62. The average Bonchev–Trinajstić information content (AvgIpc) is 2.15. The molecule has 0 radical (unpaired) electrons. The first-order valence-electron chi connectivity index (χ1n) is 5.02. The molecule has 1 heterocycles. The van der Waals surface area contributed by atoms with Gasteiger partial charge in [-0.3, -0.25) is 0 Å². The lowest BCUT2D eigenvalue weighted by Crippen LogP contribution is -2.36. The van der Waals surface area contributed by atoms with Crippen LogP contribution in [-0.4, -0.2) is 39.0 Å². The first kappa shape index (κ1) is 11.1. The van der Waals surface area contributed by atoms with Crippen LogP contribution in [0, 0.1) is 5.92 Å². The first-order valence-corrected chi connectivity index (χ1v) is 6.29. The van der Waals surface area contributed by atoms with Crippen molar-refractivity contribution in [3.05, 3.63) is 0 Å². The quantitative estimate of drug-likeness (QED) is 0.704. The Kier molecular flexibility index (Phi) is 4.91. The molecule has 0 spiro atoms. The Labute approximate surface area is 82.8 Å². The van der Waals surface area contributed by atoms with E-state index in [-0.39, 0.29) is 0 Å². The molecule has 0 aromatic carbocycles. The van der Waals surface area contributed by atoms with Gasteiger partial charge in [0.1, 0.15) is 0 Å². The van der Waals surface area contributed by atoms with Gasteiger partial charge in [-0.15, -0.1) is 0 Å². The van der Waals surface area contributed by atoms with Gasteiger partial charge >= 0.3 is 0 Å². The van der Waals surface area contributed by atoms with Gasteiger partial charge in [0.2, 0.25) is 0 Å². The number of nitrogens with zero attached hydrogens (tertiary/aromatic N) is 1. The Morgan fingerprint density at radius 2 is 2.08 bits per heavy atom. The van der Waals surface area contributed by atoms with Crippen molar-refractivity contribution in [3.63, 3.8) is 0 Å². The minimum absolute atomic E-state index is 0.400. The Morgan fingerprint density at radius 3 is 2.54 bits per heavy atom. The monoisotopic (exact) mass is 205 g/mol. The van der Waals surface area contributed by atoms with E-state index in [1.165, 1.54) is 19.3 Å². The van der Waals surface area contributed by atoms with Crippen molar-refractivity contribution in [2.75, 3.05) is 25.4 Å². The maximum atomic E-state index is 10.4. The van der Waals surface area contributed by atoms with Crippen molar-refractivity contribution in [1.29, 1.82) is 0 Å². The Balaban J connectivity index is 2.14. The highest BCUT2D eigenvalue weighted by molar-refractivity contribution is 7.79. The molecular weight excluding hydrogens is 186 g/mol. The van der Waals surface area contributed by atoms with Crippen LogP contribution in [0.15, 0.2) is 0 Å². The lowest BCUT2D eigenvalue weighted by molar-refractivity contribution is 0.190. The van der Waals surface area contributed by atoms with E-state index in [1.54, 1.807) is 0 Å². The highest BCUT2D eigenvalue weighted by atomic mass is 32.2. The van der Waals surface area contributed by atoms with Crippen molar-refractivity contribution in [2.24, 2.45) is 5.92 Å². The molecule has 1 rings (SSSR count). The second-order valence-corrected chi connectivity index (χ2v) is 4.77. The largest absolute Gasteiger partial charge is 0.306 e. The van der Waals surface area contributed by atoms with Crippen LogP contribution < -0.4 is 0 Å². The van der Waals surface area contributed by atoms with Gasteiger partial charge < -0.3 is 9.45 Å². The van der Waals surface area contributed by atoms with Gasteiger partial charge in [-0.1, -0.05) is 13.3 Å². The highest BCUT2D eigenvalue weighted by Crippen LogP contribution is 2.19. The molecule has 78 valence electrons. The molecule has 1 aliphatic heterocycles. The van der Waals surface area contributed by atoms with Crippen LogP contribution in [-0.2, 0) is 11.1 Å². The van der Waals surface area contributed by atoms with Gasteiger partial charge in [0.15, 0.2) is 11.1 Å². The molecule has 0 aliphatic carbocycles. The van der Waals surface area contributed by atoms with Gasteiger partial charge in [0.05, 0.1) is 5.75 Å². The summed E-state index contributed by atoms with van der Waals surface area (Å²) in [7, 11) is 0. The fraction of sp³-hybridized carbons (Fsp3) is 1.00. The van der Waals surface area contributed by atoms with Gasteiger partial charge in [0.25, 0.3) is 0 Å². The summed E-state index contributed by atoms with van der Waals surface area (Å²) in [5.74, 6) is 1.28. The molecular formula is C9H19NO2S. The summed E-state index contributed by atoms with van der Waals surface area (Å²) < 4.78 is 19.1. The third-order valence-corrected chi connectivity index (χ3v) is 3.40. The average molecular weight is 205 g/mol. The normalized spacial score (nSPS) is 23.2.